The van der Waals surface area contributed by atoms with Crippen LogP contribution in [0.25, 0.3) is 0 Å². The van der Waals surface area contributed by atoms with E-state index in [0.717, 1.165) is 0 Å². The van der Waals surface area contributed by atoms with Crippen LogP contribution >= 0.6 is 0 Å². The molecular weight excluding hydrogens is 390 g/mol. The first-order valence-corrected chi connectivity index (χ1v) is 9.20. The molecule has 0 unspecified atom stereocenters. The van der Waals surface area contributed by atoms with E-state index in [9.17, 15) is 19.2 Å². The van der Waals surface area contributed by atoms with E-state index in [1.165, 1.54) is 36.3 Å². The van der Waals surface area contributed by atoms with E-state index in [2.05, 4.69) is 10.6 Å². The lowest BCUT2D eigenvalue weighted by Gasteiger charge is -2.12. The van der Waals surface area contributed by atoms with E-state index in [4.69, 9.17) is 9.47 Å². The first-order chi connectivity index (χ1) is 14.5. The second-order valence-corrected chi connectivity index (χ2v) is 6.48. The number of imide groups is 1. The van der Waals surface area contributed by atoms with Crippen LogP contribution in [0.4, 0.5) is 16.2 Å². The number of urea groups is 1. The molecule has 0 saturated heterocycles. The molecule has 1 aliphatic heterocycles. The van der Waals surface area contributed by atoms with Gasteiger partial charge < -0.3 is 20.1 Å². The van der Waals surface area contributed by atoms with Crippen LogP contribution in [0.2, 0.25) is 0 Å². The maximum Gasteiger partial charge on any atom is 0.339 e. The van der Waals surface area contributed by atoms with Gasteiger partial charge in [0.2, 0.25) is 0 Å². The lowest BCUT2D eigenvalue weighted by Crippen LogP contribution is -2.31. The molecule has 1 heterocycles. The Balaban J connectivity index is 1.72. The number of fused-ring (bicyclic) bond motifs is 1. The fourth-order valence-corrected chi connectivity index (χ4v) is 3.10. The molecule has 3 rings (SSSR count). The number of anilines is 2. The van der Waals surface area contributed by atoms with Gasteiger partial charge in [0.1, 0.15) is 0 Å². The minimum Gasteiger partial charge on any atom is -0.465 e. The maximum atomic E-state index is 12.6. The molecule has 0 aliphatic carbocycles. The van der Waals surface area contributed by atoms with Gasteiger partial charge in [0, 0.05) is 25.9 Å². The van der Waals surface area contributed by atoms with Crippen molar-refractivity contribution in [2.24, 2.45) is 0 Å². The molecule has 0 fully saturated rings. The fraction of sp³-hybridized carbons (Fsp3) is 0.238. The maximum absolute atomic E-state index is 12.6. The zero-order chi connectivity index (χ0) is 21.7. The minimum atomic E-state index is -0.611. The van der Waals surface area contributed by atoms with Crippen LogP contribution in [0.1, 0.15) is 37.5 Å². The number of nitrogens with zero attached hydrogens (tertiary/aromatic N) is 1. The molecule has 0 spiro atoms. The first-order valence-electron chi connectivity index (χ1n) is 9.20. The topological polar surface area (TPSA) is 114 Å². The molecule has 9 heteroatoms. The first kappa shape index (κ1) is 21.0. The van der Waals surface area contributed by atoms with E-state index in [0.29, 0.717) is 24.3 Å². The van der Waals surface area contributed by atoms with Crippen molar-refractivity contribution in [2.45, 2.75) is 6.42 Å². The van der Waals surface area contributed by atoms with Crippen molar-refractivity contribution in [3.05, 3.63) is 59.2 Å². The molecule has 2 aromatic rings. The monoisotopic (exact) mass is 411 g/mol. The number of ether oxygens (including phenoxy) is 2. The highest BCUT2D eigenvalue weighted by Gasteiger charge is 2.35. The second-order valence-electron chi connectivity index (χ2n) is 6.48. The van der Waals surface area contributed by atoms with Gasteiger partial charge in [-0.15, -0.1) is 0 Å². The van der Waals surface area contributed by atoms with E-state index < -0.39 is 17.9 Å². The van der Waals surface area contributed by atoms with Gasteiger partial charge in [-0.2, -0.15) is 0 Å². The molecule has 4 amide bonds. The number of carbonyl (C=O) groups is 4. The van der Waals surface area contributed by atoms with E-state index in [-0.39, 0.29) is 29.3 Å². The van der Waals surface area contributed by atoms with Crippen LogP contribution in [0, 0.1) is 0 Å². The Hall–Kier alpha value is -3.72. The third kappa shape index (κ3) is 4.31. The third-order valence-electron chi connectivity index (χ3n) is 4.54. The molecule has 30 heavy (non-hydrogen) atoms. The van der Waals surface area contributed by atoms with Crippen molar-refractivity contribution in [1.29, 1.82) is 0 Å². The molecule has 0 bridgehead atoms. The Morgan fingerprint density at radius 3 is 2.43 bits per heavy atom. The zero-order valence-corrected chi connectivity index (χ0v) is 16.6. The van der Waals surface area contributed by atoms with Gasteiger partial charge in [0.15, 0.2) is 0 Å². The van der Waals surface area contributed by atoms with Crippen LogP contribution in [0.15, 0.2) is 42.5 Å². The van der Waals surface area contributed by atoms with Crippen LogP contribution in [-0.4, -0.2) is 56.1 Å². The number of hydrogen-bond donors (Lipinski definition) is 2. The van der Waals surface area contributed by atoms with Crippen LogP contribution < -0.4 is 10.6 Å². The molecule has 2 N–H and O–H groups in total. The number of esters is 1. The predicted molar refractivity (Wildman–Crippen MR) is 109 cm³/mol. The summed E-state index contributed by atoms with van der Waals surface area (Å²) in [5.74, 6) is -1.36. The van der Waals surface area contributed by atoms with Crippen molar-refractivity contribution in [3.8, 4) is 0 Å². The highest BCUT2D eigenvalue weighted by atomic mass is 16.5. The van der Waals surface area contributed by atoms with Crippen molar-refractivity contribution in [2.75, 3.05) is 38.0 Å². The molecule has 0 radical (unpaired) electrons. The zero-order valence-electron chi connectivity index (χ0n) is 16.6. The Kier molecular flexibility index (Phi) is 6.43. The summed E-state index contributed by atoms with van der Waals surface area (Å²) in [6.07, 6.45) is 0.537. The van der Waals surface area contributed by atoms with E-state index >= 15 is 0 Å². The quantitative estimate of drug-likeness (QED) is 0.411. The summed E-state index contributed by atoms with van der Waals surface area (Å²) in [5, 5.41) is 5.18. The highest BCUT2D eigenvalue weighted by Crippen LogP contribution is 2.26. The smallest absolute Gasteiger partial charge is 0.339 e. The Bertz CT molecular complexity index is 1000. The van der Waals surface area contributed by atoms with Crippen molar-refractivity contribution in [3.63, 3.8) is 0 Å². The van der Waals surface area contributed by atoms with Gasteiger partial charge >= 0.3 is 12.0 Å². The molecule has 1 aliphatic rings. The third-order valence-corrected chi connectivity index (χ3v) is 4.54. The van der Waals surface area contributed by atoms with Gasteiger partial charge in [-0.1, -0.05) is 12.1 Å². The standard InChI is InChI=1S/C21H21N3O6/c1-29-11-5-10-24-18(25)14-9-8-13(12-16(14)19(24)26)22-21(28)23-17-7-4-3-6-15(17)20(27)30-2/h3-4,6-9,12H,5,10-11H2,1-2H3,(H2,22,23,28). The predicted octanol–water partition coefficient (Wildman–Crippen LogP) is 2.75. The molecule has 0 saturated carbocycles. The van der Waals surface area contributed by atoms with Crippen molar-refractivity contribution >= 4 is 35.2 Å². The SMILES string of the molecule is COCCCN1C(=O)c2ccc(NC(=O)Nc3ccccc3C(=O)OC)cc2C1=O. The van der Waals surface area contributed by atoms with Crippen molar-refractivity contribution < 1.29 is 28.7 Å². The number of nitrogens with one attached hydrogen (secondary N) is 2. The number of rotatable bonds is 7. The highest BCUT2D eigenvalue weighted by molar-refractivity contribution is 6.22. The summed E-state index contributed by atoms with van der Waals surface area (Å²) >= 11 is 0. The summed E-state index contributed by atoms with van der Waals surface area (Å²) in [7, 11) is 2.80. The summed E-state index contributed by atoms with van der Waals surface area (Å²) in [6.45, 7) is 0.696. The summed E-state index contributed by atoms with van der Waals surface area (Å²) < 4.78 is 9.66. The lowest BCUT2D eigenvalue weighted by molar-refractivity contribution is 0.0598. The summed E-state index contributed by atoms with van der Waals surface area (Å²) in [4.78, 5) is 50.4. The number of para-hydroxylation sites is 1. The molecule has 0 aromatic heterocycles. The normalized spacial score (nSPS) is 12.5. The Morgan fingerprint density at radius 2 is 1.70 bits per heavy atom. The molecular formula is C21H21N3O6. The molecule has 9 nitrogen and oxygen atoms in total. The number of amides is 4. The average molecular weight is 411 g/mol. The minimum absolute atomic E-state index is 0.205. The van der Waals surface area contributed by atoms with Gasteiger partial charge in [-0.3, -0.25) is 14.5 Å². The van der Waals surface area contributed by atoms with Gasteiger partial charge in [-0.05, 0) is 36.8 Å². The number of carbonyl (C=O) groups excluding carboxylic acids is 4. The Morgan fingerprint density at radius 1 is 0.967 bits per heavy atom. The lowest BCUT2D eigenvalue weighted by atomic mass is 10.1. The van der Waals surface area contributed by atoms with Gasteiger partial charge in [-0.25, -0.2) is 9.59 Å². The average Bonchev–Trinajstić information content (AvgIpc) is 2.98. The van der Waals surface area contributed by atoms with E-state index in [1.807, 2.05) is 0 Å². The largest absolute Gasteiger partial charge is 0.465 e. The van der Waals surface area contributed by atoms with Gasteiger partial charge in [0.05, 0.1) is 29.5 Å². The van der Waals surface area contributed by atoms with Crippen LogP contribution in [-0.2, 0) is 9.47 Å². The fourth-order valence-electron chi connectivity index (χ4n) is 3.10. The molecule has 156 valence electrons. The van der Waals surface area contributed by atoms with Crippen molar-refractivity contribution in [1.82, 2.24) is 4.90 Å². The summed E-state index contributed by atoms with van der Waals surface area (Å²) in [6, 6.07) is 10.3. The number of methoxy groups -OCH3 is 2. The van der Waals surface area contributed by atoms with Crippen LogP contribution in [0.3, 0.4) is 0 Å². The second kappa shape index (κ2) is 9.19. The van der Waals surface area contributed by atoms with Crippen LogP contribution in [0.5, 0.6) is 0 Å². The Labute approximate surface area is 172 Å². The van der Waals surface area contributed by atoms with E-state index in [1.54, 1.807) is 25.3 Å². The molecule has 0 atom stereocenters. The summed E-state index contributed by atoms with van der Waals surface area (Å²) in [5.41, 5.74) is 1.33. The van der Waals surface area contributed by atoms with Gasteiger partial charge in [0.25, 0.3) is 11.8 Å². The molecule has 2 aromatic carbocycles. The number of benzene rings is 2. The number of hydrogen-bond acceptors (Lipinski definition) is 6.